The summed E-state index contributed by atoms with van der Waals surface area (Å²) in [6.45, 7) is 5.29. The van der Waals surface area contributed by atoms with Crippen LogP contribution in [0.25, 0.3) is 0 Å². The van der Waals surface area contributed by atoms with Gasteiger partial charge in [0.2, 0.25) is 11.8 Å². The highest BCUT2D eigenvalue weighted by Crippen LogP contribution is 2.30. The summed E-state index contributed by atoms with van der Waals surface area (Å²) < 4.78 is 23.9. The van der Waals surface area contributed by atoms with Crippen LogP contribution in [-0.2, 0) is 16.0 Å². The molecule has 1 aromatic heterocycles. The molecule has 7 heteroatoms. The monoisotopic (exact) mass is 361 g/mol. The lowest BCUT2D eigenvalue weighted by Crippen LogP contribution is -2.37. The van der Waals surface area contributed by atoms with Gasteiger partial charge < -0.3 is 14.6 Å². The number of hydrogen-bond acceptors (Lipinski definition) is 5. The van der Waals surface area contributed by atoms with Gasteiger partial charge in [0.05, 0.1) is 6.42 Å². The molecule has 1 amide bonds. The van der Waals surface area contributed by atoms with Gasteiger partial charge >= 0.3 is 0 Å². The van der Waals surface area contributed by atoms with Crippen molar-refractivity contribution in [2.45, 2.75) is 45.1 Å². The number of hydrogen-bond donors (Lipinski definition) is 1. The third kappa shape index (κ3) is 4.66. The molecule has 0 unspecified atom stereocenters. The molecule has 140 valence electrons. The van der Waals surface area contributed by atoms with Crippen LogP contribution in [0.5, 0.6) is 0 Å². The van der Waals surface area contributed by atoms with E-state index in [9.17, 15) is 9.18 Å². The highest BCUT2D eigenvalue weighted by atomic mass is 19.1. The lowest BCUT2D eigenvalue weighted by molar-refractivity contribution is -0.122. The fraction of sp³-hybridized carbons (Fsp3) is 0.526. The van der Waals surface area contributed by atoms with Gasteiger partial charge in [0.1, 0.15) is 11.9 Å². The summed E-state index contributed by atoms with van der Waals surface area (Å²) in [5, 5.41) is 7.06. The number of nitrogens with one attached hydrogen (secondary N) is 1. The number of carbonyl (C=O) groups is 1. The quantitative estimate of drug-likeness (QED) is 0.855. The van der Waals surface area contributed by atoms with Crippen molar-refractivity contribution in [2.75, 3.05) is 13.2 Å². The van der Waals surface area contributed by atoms with Crippen LogP contribution in [0.15, 0.2) is 28.8 Å². The van der Waals surface area contributed by atoms with Crippen LogP contribution in [-0.4, -0.2) is 29.3 Å². The number of halogens is 1. The van der Waals surface area contributed by atoms with Crippen LogP contribution in [0.1, 0.15) is 55.9 Å². The predicted octanol–water partition coefficient (Wildman–Crippen LogP) is 3.16. The van der Waals surface area contributed by atoms with E-state index in [0.717, 1.165) is 18.4 Å². The number of amides is 1. The topological polar surface area (TPSA) is 77.2 Å². The van der Waals surface area contributed by atoms with Crippen molar-refractivity contribution in [3.8, 4) is 0 Å². The van der Waals surface area contributed by atoms with Gasteiger partial charge in [-0.25, -0.2) is 4.39 Å². The average molecular weight is 361 g/mol. The number of benzene rings is 1. The minimum absolute atomic E-state index is 0.151. The molecule has 0 radical (unpaired) electrons. The summed E-state index contributed by atoms with van der Waals surface area (Å²) in [5.41, 5.74) is 0.753. The predicted molar refractivity (Wildman–Crippen MR) is 92.9 cm³/mol. The fourth-order valence-corrected chi connectivity index (χ4v) is 3.05. The SMILES string of the molecule is CC(C)c1noc([C@H](NC(=O)Cc2ccc(F)cc2)C2CCOCC2)n1. The van der Waals surface area contributed by atoms with E-state index in [0.29, 0.717) is 24.9 Å². The van der Waals surface area contributed by atoms with Crippen molar-refractivity contribution < 1.29 is 18.4 Å². The molecule has 2 aromatic rings. The standard InChI is InChI=1S/C19H24FN3O3/c1-12(2)18-22-19(26-23-18)17(14-7-9-25-10-8-14)21-16(24)11-13-3-5-15(20)6-4-13/h3-6,12,14,17H,7-11H2,1-2H3,(H,21,24)/t17-/m1/s1. The summed E-state index contributed by atoms with van der Waals surface area (Å²) in [4.78, 5) is 17.0. The average Bonchev–Trinajstić information content (AvgIpc) is 3.12. The number of aromatic nitrogens is 2. The van der Waals surface area contributed by atoms with Gasteiger partial charge in [-0.05, 0) is 36.5 Å². The second kappa shape index (κ2) is 8.40. The van der Waals surface area contributed by atoms with Crippen LogP contribution in [0, 0.1) is 11.7 Å². The minimum Gasteiger partial charge on any atom is -0.381 e. The molecule has 1 fully saturated rings. The largest absolute Gasteiger partial charge is 0.381 e. The van der Waals surface area contributed by atoms with Crippen molar-refractivity contribution in [2.24, 2.45) is 5.92 Å². The first kappa shape index (κ1) is 18.5. The Morgan fingerprint density at radius 3 is 2.58 bits per heavy atom. The summed E-state index contributed by atoms with van der Waals surface area (Å²) in [6, 6.07) is 5.59. The summed E-state index contributed by atoms with van der Waals surface area (Å²) in [7, 11) is 0. The maximum Gasteiger partial charge on any atom is 0.249 e. The molecule has 0 spiro atoms. The van der Waals surface area contributed by atoms with Crippen LogP contribution < -0.4 is 5.32 Å². The highest BCUT2D eigenvalue weighted by molar-refractivity contribution is 5.78. The first-order valence-electron chi connectivity index (χ1n) is 8.98. The number of rotatable bonds is 6. The van der Waals surface area contributed by atoms with Crippen molar-refractivity contribution in [3.63, 3.8) is 0 Å². The summed E-state index contributed by atoms with van der Waals surface area (Å²) in [5.74, 6) is 0.927. The molecule has 3 rings (SSSR count). The third-order valence-corrected chi connectivity index (χ3v) is 4.57. The van der Waals surface area contributed by atoms with E-state index in [-0.39, 0.29) is 36.0 Å². The molecule has 6 nitrogen and oxygen atoms in total. The van der Waals surface area contributed by atoms with Gasteiger partial charge in [0.15, 0.2) is 5.82 Å². The molecule has 1 N–H and O–H groups in total. The molecule has 1 aliphatic rings. The molecule has 0 aliphatic carbocycles. The van der Waals surface area contributed by atoms with Gasteiger partial charge in [-0.1, -0.05) is 31.1 Å². The van der Waals surface area contributed by atoms with E-state index >= 15 is 0 Å². The smallest absolute Gasteiger partial charge is 0.249 e. The molecular weight excluding hydrogens is 337 g/mol. The van der Waals surface area contributed by atoms with E-state index in [4.69, 9.17) is 9.26 Å². The van der Waals surface area contributed by atoms with Gasteiger partial charge in [0.25, 0.3) is 0 Å². The molecule has 1 atom stereocenters. The van der Waals surface area contributed by atoms with Crippen LogP contribution in [0.2, 0.25) is 0 Å². The van der Waals surface area contributed by atoms with Gasteiger partial charge in [0, 0.05) is 19.1 Å². The number of ether oxygens (including phenoxy) is 1. The van der Waals surface area contributed by atoms with Crippen LogP contribution >= 0.6 is 0 Å². The van der Waals surface area contributed by atoms with E-state index < -0.39 is 0 Å². The van der Waals surface area contributed by atoms with E-state index in [1.807, 2.05) is 13.8 Å². The Morgan fingerprint density at radius 2 is 1.96 bits per heavy atom. The van der Waals surface area contributed by atoms with Crippen molar-refractivity contribution in [1.29, 1.82) is 0 Å². The van der Waals surface area contributed by atoms with Crippen LogP contribution in [0.4, 0.5) is 4.39 Å². The molecule has 0 bridgehead atoms. The number of carbonyl (C=O) groups excluding carboxylic acids is 1. The second-order valence-corrected chi connectivity index (χ2v) is 6.94. The molecule has 2 heterocycles. The normalized spacial score (nSPS) is 16.6. The van der Waals surface area contributed by atoms with Gasteiger partial charge in [-0.2, -0.15) is 4.98 Å². The van der Waals surface area contributed by atoms with Crippen molar-refractivity contribution >= 4 is 5.91 Å². The molecule has 1 aliphatic heterocycles. The lowest BCUT2D eigenvalue weighted by Gasteiger charge is -2.28. The summed E-state index contributed by atoms with van der Waals surface area (Å²) in [6.07, 6.45) is 1.81. The van der Waals surface area contributed by atoms with Crippen molar-refractivity contribution in [1.82, 2.24) is 15.5 Å². The highest BCUT2D eigenvalue weighted by Gasteiger charge is 2.31. The molecule has 26 heavy (non-hydrogen) atoms. The zero-order chi connectivity index (χ0) is 18.5. The van der Waals surface area contributed by atoms with E-state index in [2.05, 4.69) is 15.5 Å². The maximum atomic E-state index is 13.0. The molecule has 1 saturated heterocycles. The first-order valence-corrected chi connectivity index (χ1v) is 8.98. The van der Waals surface area contributed by atoms with Gasteiger partial charge in [-0.3, -0.25) is 4.79 Å². The summed E-state index contributed by atoms with van der Waals surface area (Å²) >= 11 is 0. The Kier molecular flexibility index (Phi) is 5.98. The minimum atomic E-state index is -0.341. The van der Waals surface area contributed by atoms with E-state index in [1.165, 1.54) is 12.1 Å². The third-order valence-electron chi connectivity index (χ3n) is 4.57. The van der Waals surface area contributed by atoms with Crippen molar-refractivity contribution in [3.05, 3.63) is 47.4 Å². The Balaban J connectivity index is 1.73. The molecule has 1 aromatic carbocycles. The van der Waals surface area contributed by atoms with Crippen LogP contribution in [0.3, 0.4) is 0 Å². The Bertz CT molecular complexity index is 724. The second-order valence-electron chi connectivity index (χ2n) is 6.94. The Hall–Kier alpha value is -2.28. The Labute approximate surface area is 152 Å². The zero-order valence-corrected chi connectivity index (χ0v) is 15.1. The number of nitrogens with zero attached hydrogens (tertiary/aromatic N) is 2. The van der Waals surface area contributed by atoms with Gasteiger partial charge in [-0.15, -0.1) is 0 Å². The van der Waals surface area contributed by atoms with E-state index in [1.54, 1.807) is 12.1 Å². The lowest BCUT2D eigenvalue weighted by atomic mass is 9.91. The maximum absolute atomic E-state index is 13.0. The molecule has 0 saturated carbocycles. The fourth-order valence-electron chi connectivity index (χ4n) is 3.05. The molecular formula is C19H24FN3O3. The Morgan fingerprint density at radius 1 is 1.27 bits per heavy atom. The first-order chi connectivity index (χ1) is 12.5. The zero-order valence-electron chi connectivity index (χ0n) is 15.1.